The molecule has 1 heterocycles. The maximum Gasteiger partial charge on any atom is 0.177 e. The molecule has 0 atom stereocenters. The Balaban J connectivity index is 2.56. The van der Waals surface area contributed by atoms with Crippen LogP contribution in [0.15, 0.2) is 22.8 Å². The summed E-state index contributed by atoms with van der Waals surface area (Å²) >= 11 is 6.22. The summed E-state index contributed by atoms with van der Waals surface area (Å²) in [5.41, 5.74) is 1.54. The van der Waals surface area contributed by atoms with Crippen molar-refractivity contribution in [3.05, 3.63) is 29.0 Å². The van der Waals surface area contributed by atoms with E-state index >= 15 is 0 Å². The lowest BCUT2D eigenvalue weighted by Gasteiger charge is -2.07. The van der Waals surface area contributed by atoms with Gasteiger partial charge in [-0.2, -0.15) is 0 Å². The van der Waals surface area contributed by atoms with Crippen molar-refractivity contribution in [2.75, 3.05) is 7.11 Å². The van der Waals surface area contributed by atoms with E-state index in [2.05, 4.69) is 0 Å². The van der Waals surface area contributed by atoms with Crippen molar-refractivity contribution in [1.29, 1.82) is 0 Å². The second-order valence-corrected chi connectivity index (χ2v) is 3.80. The minimum absolute atomic E-state index is 0.451. The number of rotatable bonds is 4. The number of furan rings is 1. The van der Waals surface area contributed by atoms with Crippen molar-refractivity contribution in [2.45, 2.75) is 12.8 Å². The summed E-state index contributed by atoms with van der Waals surface area (Å²) in [5, 5.41) is 1.45. The van der Waals surface area contributed by atoms with Gasteiger partial charge in [0.15, 0.2) is 11.3 Å². The molecule has 16 heavy (non-hydrogen) atoms. The monoisotopic (exact) mass is 238 g/mol. The van der Waals surface area contributed by atoms with E-state index in [0.717, 1.165) is 17.2 Å². The number of hydrogen-bond acceptors (Lipinski definition) is 3. The highest BCUT2D eigenvalue weighted by Crippen LogP contribution is 2.35. The van der Waals surface area contributed by atoms with Gasteiger partial charge in [-0.1, -0.05) is 11.6 Å². The zero-order valence-corrected chi connectivity index (χ0v) is 9.58. The summed E-state index contributed by atoms with van der Waals surface area (Å²) in [6.07, 6.45) is 3.51. The first kappa shape index (κ1) is 11.0. The normalized spacial score (nSPS) is 10.6. The standard InChI is InChI=1S/C12H11ClO3/c1-15-10-7-8(3-2-5-14)11(13)9-4-6-16-12(9)10/h4-7H,2-3H2,1H3. The van der Waals surface area contributed by atoms with Gasteiger partial charge in [0, 0.05) is 11.8 Å². The molecule has 0 amide bonds. The Labute approximate surface area is 97.9 Å². The first-order chi connectivity index (χ1) is 7.77. The number of halogens is 1. The van der Waals surface area contributed by atoms with Gasteiger partial charge in [-0.3, -0.25) is 0 Å². The van der Waals surface area contributed by atoms with E-state index in [1.807, 2.05) is 6.07 Å². The number of aldehydes is 1. The smallest absolute Gasteiger partial charge is 0.177 e. The van der Waals surface area contributed by atoms with Gasteiger partial charge in [0.25, 0.3) is 0 Å². The van der Waals surface area contributed by atoms with Gasteiger partial charge in [-0.25, -0.2) is 0 Å². The van der Waals surface area contributed by atoms with Crippen LogP contribution < -0.4 is 4.74 Å². The molecule has 0 N–H and O–H groups in total. The molecule has 0 aliphatic rings. The van der Waals surface area contributed by atoms with Crippen molar-refractivity contribution in [3.63, 3.8) is 0 Å². The molecule has 0 saturated carbocycles. The molecule has 0 aliphatic carbocycles. The zero-order valence-electron chi connectivity index (χ0n) is 8.83. The number of aryl methyl sites for hydroxylation is 1. The molecule has 0 aliphatic heterocycles. The van der Waals surface area contributed by atoms with Crippen LogP contribution in [0.2, 0.25) is 5.02 Å². The average molecular weight is 239 g/mol. The predicted octanol–water partition coefficient (Wildman–Crippen LogP) is 3.23. The predicted molar refractivity (Wildman–Crippen MR) is 62.2 cm³/mol. The minimum atomic E-state index is 0.451. The Kier molecular flexibility index (Phi) is 3.15. The fourth-order valence-corrected chi connectivity index (χ4v) is 1.98. The Bertz CT molecular complexity index is 516. The fraction of sp³-hybridized carbons (Fsp3) is 0.250. The molecule has 2 aromatic rings. The molecule has 1 aromatic heterocycles. The van der Waals surface area contributed by atoms with Gasteiger partial charge < -0.3 is 13.9 Å². The molecular weight excluding hydrogens is 228 g/mol. The van der Waals surface area contributed by atoms with Crippen LogP contribution in [0.1, 0.15) is 12.0 Å². The Hall–Kier alpha value is -1.48. The third-order valence-corrected chi connectivity index (χ3v) is 2.91. The number of ether oxygens (including phenoxy) is 1. The molecule has 3 nitrogen and oxygen atoms in total. The lowest BCUT2D eigenvalue weighted by molar-refractivity contribution is -0.107. The van der Waals surface area contributed by atoms with E-state index < -0.39 is 0 Å². The number of hydrogen-bond donors (Lipinski definition) is 0. The van der Waals surface area contributed by atoms with E-state index in [0.29, 0.717) is 29.2 Å². The molecular formula is C12H11ClO3. The summed E-state index contributed by atoms with van der Waals surface area (Å²) in [6.45, 7) is 0. The van der Waals surface area contributed by atoms with Crippen LogP contribution in [-0.4, -0.2) is 13.4 Å². The molecule has 0 bridgehead atoms. The van der Waals surface area contributed by atoms with Gasteiger partial charge in [0.1, 0.15) is 6.29 Å². The highest BCUT2D eigenvalue weighted by molar-refractivity contribution is 6.36. The first-order valence-corrected chi connectivity index (χ1v) is 5.32. The molecule has 4 heteroatoms. The number of methoxy groups -OCH3 is 1. The van der Waals surface area contributed by atoms with Gasteiger partial charge in [-0.15, -0.1) is 0 Å². The van der Waals surface area contributed by atoms with Crippen LogP contribution in [0.5, 0.6) is 5.75 Å². The molecule has 84 valence electrons. The van der Waals surface area contributed by atoms with E-state index in [1.54, 1.807) is 19.4 Å². The Morgan fingerprint density at radius 3 is 3.06 bits per heavy atom. The van der Waals surface area contributed by atoms with Crippen molar-refractivity contribution >= 4 is 28.9 Å². The molecule has 2 rings (SSSR count). The van der Waals surface area contributed by atoms with Gasteiger partial charge in [0.05, 0.1) is 18.4 Å². The highest BCUT2D eigenvalue weighted by atomic mass is 35.5. The molecule has 0 saturated heterocycles. The van der Waals surface area contributed by atoms with Crippen LogP contribution >= 0.6 is 11.6 Å². The van der Waals surface area contributed by atoms with Crippen molar-refractivity contribution < 1.29 is 13.9 Å². The second-order valence-electron chi connectivity index (χ2n) is 3.42. The topological polar surface area (TPSA) is 39.4 Å². The lowest BCUT2D eigenvalue weighted by Crippen LogP contribution is -1.91. The summed E-state index contributed by atoms with van der Waals surface area (Å²) in [6, 6.07) is 3.61. The maximum atomic E-state index is 10.4. The Morgan fingerprint density at radius 1 is 1.56 bits per heavy atom. The molecule has 0 spiro atoms. The van der Waals surface area contributed by atoms with Crippen LogP contribution in [0, 0.1) is 0 Å². The van der Waals surface area contributed by atoms with Gasteiger partial charge in [-0.05, 0) is 24.1 Å². The van der Waals surface area contributed by atoms with Crippen molar-refractivity contribution in [2.24, 2.45) is 0 Å². The average Bonchev–Trinajstić information content (AvgIpc) is 2.78. The van der Waals surface area contributed by atoms with E-state index in [1.165, 1.54) is 0 Å². The molecule has 0 radical (unpaired) electrons. The number of carbonyl (C=O) groups is 1. The van der Waals surface area contributed by atoms with E-state index in [-0.39, 0.29) is 0 Å². The summed E-state index contributed by atoms with van der Waals surface area (Å²) in [5.74, 6) is 0.644. The first-order valence-electron chi connectivity index (χ1n) is 4.94. The quantitative estimate of drug-likeness (QED) is 0.768. The van der Waals surface area contributed by atoms with Gasteiger partial charge >= 0.3 is 0 Å². The summed E-state index contributed by atoms with van der Waals surface area (Å²) in [4.78, 5) is 10.4. The second kappa shape index (κ2) is 4.58. The van der Waals surface area contributed by atoms with Crippen LogP contribution in [-0.2, 0) is 11.2 Å². The summed E-state index contributed by atoms with van der Waals surface area (Å²) < 4.78 is 10.5. The largest absolute Gasteiger partial charge is 0.493 e. The van der Waals surface area contributed by atoms with Crippen molar-refractivity contribution in [1.82, 2.24) is 0 Å². The molecule has 0 fully saturated rings. The van der Waals surface area contributed by atoms with Crippen LogP contribution in [0.4, 0.5) is 0 Å². The van der Waals surface area contributed by atoms with Crippen LogP contribution in [0.25, 0.3) is 11.0 Å². The highest BCUT2D eigenvalue weighted by Gasteiger charge is 2.13. The minimum Gasteiger partial charge on any atom is -0.493 e. The SMILES string of the molecule is COc1cc(CCC=O)c(Cl)c2ccoc12. The molecule has 1 aromatic carbocycles. The zero-order chi connectivity index (χ0) is 11.5. The van der Waals surface area contributed by atoms with E-state index in [4.69, 9.17) is 20.8 Å². The van der Waals surface area contributed by atoms with Gasteiger partial charge in [0.2, 0.25) is 0 Å². The summed E-state index contributed by atoms with van der Waals surface area (Å²) in [7, 11) is 1.58. The van der Waals surface area contributed by atoms with Crippen molar-refractivity contribution in [3.8, 4) is 5.75 Å². The number of fused-ring (bicyclic) bond motifs is 1. The number of benzene rings is 1. The Morgan fingerprint density at radius 2 is 2.38 bits per heavy atom. The van der Waals surface area contributed by atoms with E-state index in [9.17, 15) is 4.79 Å². The third kappa shape index (κ3) is 1.78. The molecule has 0 unspecified atom stereocenters. The maximum absolute atomic E-state index is 10.4. The lowest BCUT2D eigenvalue weighted by atomic mass is 10.1. The fourth-order valence-electron chi connectivity index (χ4n) is 1.68. The number of carbonyl (C=O) groups excluding carboxylic acids is 1. The van der Waals surface area contributed by atoms with Crippen LogP contribution in [0.3, 0.4) is 0 Å². The third-order valence-electron chi connectivity index (χ3n) is 2.46.